The van der Waals surface area contributed by atoms with Crippen LogP contribution in [0.4, 0.5) is 6.01 Å². The molecule has 3 rings (SSSR count). The molecule has 2 heterocycles. The number of halogens is 2. The van der Waals surface area contributed by atoms with Crippen molar-refractivity contribution in [3.05, 3.63) is 24.3 Å². The Morgan fingerprint density at radius 3 is 2.68 bits per heavy atom. The van der Waals surface area contributed by atoms with Crippen molar-refractivity contribution >= 4 is 47.8 Å². The van der Waals surface area contributed by atoms with Crippen molar-refractivity contribution in [2.75, 3.05) is 24.5 Å². The molecule has 1 aliphatic rings. The largest absolute Gasteiger partial charge is 0.423 e. The average Bonchev–Trinajstić information content (AvgIpc) is 2.98. The smallest absolute Gasteiger partial charge is 0.298 e. The van der Waals surface area contributed by atoms with E-state index in [2.05, 4.69) is 15.2 Å². The van der Waals surface area contributed by atoms with E-state index in [1.54, 1.807) is 0 Å². The lowest BCUT2D eigenvalue weighted by molar-refractivity contribution is -0.125. The molecule has 0 radical (unpaired) electrons. The maximum atomic E-state index is 12.2. The van der Waals surface area contributed by atoms with Gasteiger partial charge in [-0.05, 0) is 38.3 Å². The highest BCUT2D eigenvalue weighted by molar-refractivity contribution is 5.85. The molecular weight excluding hydrogens is 363 g/mol. The molecule has 1 saturated heterocycles. The average molecular weight is 389 g/mol. The van der Waals surface area contributed by atoms with Crippen molar-refractivity contribution in [1.29, 1.82) is 0 Å². The number of oxazole rings is 1. The first-order valence-corrected chi connectivity index (χ1v) is 8.27. The van der Waals surface area contributed by atoms with Gasteiger partial charge in [0, 0.05) is 31.6 Å². The van der Waals surface area contributed by atoms with Gasteiger partial charge in [0.2, 0.25) is 5.91 Å². The number of nitrogens with two attached hydrogens (primary N) is 1. The number of aromatic nitrogens is 1. The molecule has 140 valence electrons. The third-order valence-electron chi connectivity index (χ3n) is 4.32. The van der Waals surface area contributed by atoms with Crippen LogP contribution in [0.15, 0.2) is 28.7 Å². The van der Waals surface area contributed by atoms with E-state index in [1.807, 2.05) is 31.2 Å². The quantitative estimate of drug-likeness (QED) is 0.822. The van der Waals surface area contributed by atoms with Gasteiger partial charge in [0.15, 0.2) is 5.58 Å². The number of anilines is 1. The summed E-state index contributed by atoms with van der Waals surface area (Å²) in [6, 6.07) is 8.54. The molecule has 6 nitrogen and oxygen atoms in total. The number of hydrogen-bond acceptors (Lipinski definition) is 5. The third kappa shape index (κ3) is 5.49. The first-order valence-electron chi connectivity index (χ1n) is 8.27. The molecular formula is C17H26Cl2N4O2. The maximum absolute atomic E-state index is 12.2. The zero-order valence-corrected chi connectivity index (χ0v) is 15.9. The summed E-state index contributed by atoms with van der Waals surface area (Å²) < 4.78 is 5.79. The Morgan fingerprint density at radius 2 is 2.04 bits per heavy atom. The van der Waals surface area contributed by atoms with Gasteiger partial charge >= 0.3 is 0 Å². The lowest BCUT2D eigenvalue weighted by Gasteiger charge is -2.30. The molecule has 25 heavy (non-hydrogen) atoms. The van der Waals surface area contributed by atoms with Gasteiger partial charge in [-0.1, -0.05) is 12.1 Å². The minimum Gasteiger partial charge on any atom is -0.423 e. The Bertz CT molecular complexity index is 636. The summed E-state index contributed by atoms with van der Waals surface area (Å²) >= 11 is 0. The SMILES string of the molecule is CC(N)CCNC(=O)C1CCN(c2nc3ccccc3o2)CC1.Cl.Cl. The second kappa shape index (κ2) is 9.85. The topological polar surface area (TPSA) is 84.4 Å². The monoisotopic (exact) mass is 388 g/mol. The second-order valence-corrected chi connectivity index (χ2v) is 6.28. The fourth-order valence-corrected chi connectivity index (χ4v) is 2.90. The van der Waals surface area contributed by atoms with Crippen LogP contribution in [0.25, 0.3) is 11.1 Å². The van der Waals surface area contributed by atoms with E-state index in [4.69, 9.17) is 10.2 Å². The van der Waals surface area contributed by atoms with E-state index >= 15 is 0 Å². The zero-order chi connectivity index (χ0) is 16.2. The van der Waals surface area contributed by atoms with Gasteiger partial charge in [0.05, 0.1) is 0 Å². The van der Waals surface area contributed by atoms with E-state index < -0.39 is 0 Å². The number of amides is 1. The lowest BCUT2D eigenvalue weighted by atomic mass is 9.96. The van der Waals surface area contributed by atoms with Gasteiger partial charge in [-0.15, -0.1) is 24.8 Å². The van der Waals surface area contributed by atoms with Crippen molar-refractivity contribution in [1.82, 2.24) is 10.3 Å². The zero-order valence-electron chi connectivity index (χ0n) is 14.3. The molecule has 1 aromatic carbocycles. The minimum absolute atomic E-state index is 0. The van der Waals surface area contributed by atoms with Gasteiger partial charge in [-0.25, -0.2) is 0 Å². The summed E-state index contributed by atoms with van der Waals surface area (Å²) in [5.41, 5.74) is 7.37. The highest BCUT2D eigenvalue weighted by Gasteiger charge is 2.26. The molecule has 0 bridgehead atoms. The number of carbonyl (C=O) groups excluding carboxylic acids is 1. The van der Waals surface area contributed by atoms with E-state index in [0.29, 0.717) is 12.6 Å². The van der Waals surface area contributed by atoms with Crippen LogP contribution in [-0.4, -0.2) is 36.6 Å². The normalized spacial score (nSPS) is 16.0. The van der Waals surface area contributed by atoms with Gasteiger partial charge in [-0.3, -0.25) is 4.79 Å². The van der Waals surface area contributed by atoms with Crippen molar-refractivity contribution in [2.24, 2.45) is 11.7 Å². The first-order chi connectivity index (χ1) is 11.1. The van der Waals surface area contributed by atoms with Crippen LogP contribution in [0.3, 0.4) is 0 Å². The van der Waals surface area contributed by atoms with Crippen molar-refractivity contribution in [3.8, 4) is 0 Å². The number of benzene rings is 1. The van der Waals surface area contributed by atoms with E-state index in [1.165, 1.54) is 0 Å². The van der Waals surface area contributed by atoms with Crippen LogP contribution >= 0.6 is 24.8 Å². The van der Waals surface area contributed by atoms with Gasteiger partial charge < -0.3 is 20.4 Å². The van der Waals surface area contributed by atoms with Gasteiger partial charge in [-0.2, -0.15) is 4.98 Å². The Morgan fingerprint density at radius 1 is 1.36 bits per heavy atom. The number of carbonyl (C=O) groups is 1. The molecule has 3 N–H and O–H groups in total. The summed E-state index contributed by atoms with van der Waals surface area (Å²) in [4.78, 5) is 18.8. The number of hydrogen-bond donors (Lipinski definition) is 2. The molecule has 1 aliphatic heterocycles. The second-order valence-electron chi connectivity index (χ2n) is 6.28. The predicted octanol–water partition coefficient (Wildman–Crippen LogP) is 2.74. The number of piperidine rings is 1. The summed E-state index contributed by atoms with van der Waals surface area (Å²) in [5, 5.41) is 2.98. The van der Waals surface area contributed by atoms with Crippen molar-refractivity contribution < 1.29 is 9.21 Å². The lowest BCUT2D eigenvalue weighted by Crippen LogP contribution is -2.41. The molecule has 1 fully saturated rings. The molecule has 1 amide bonds. The molecule has 8 heteroatoms. The van der Waals surface area contributed by atoms with Crippen LogP contribution < -0.4 is 16.0 Å². The number of nitrogens with one attached hydrogen (secondary N) is 1. The molecule has 1 unspecified atom stereocenters. The summed E-state index contributed by atoms with van der Waals surface area (Å²) in [5.74, 6) is 0.214. The van der Waals surface area contributed by atoms with Crippen LogP contribution in [0, 0.1) is 5.92 Å². The maximum Gasteiger partial charge on any atom is 0.298 e. The highest BCUT2D eigenvalue weighted by Crippen LogP contribution is 2.26. The number of fused-ring (bicyclic) bond motifs is 1. The summed E-state index contributed by atoms with van der Waals surface area (Å²) in [6.45, 7) is 4.18. The highest BCUT2D eigenvalue weighted by atomic mass is 35.5. The number of nitrogens with zero attached hydrogens (tertiary/aromatic N) is 2. The molecule has 0 spiro atoms. The number of para-hydroxylation sites is 2. The molecule has 0 aliphatic carbocycles. The predicted molar refractivity (Wildman–Crippen MR) is 105 cm³/mol. The van der Waals surface area contributed by atoms with E-state index in [0.717, 1.165) is 43.5 Å². The van der Waals surface area contributed by atoms with Gasteiger partial charge in [0.25, 0.3) is 6.01 Å². The summed E-state index contributed by atoms with van der Waals surface area (Å²) in [7, 11) is 0. The van der Waals surface area contributed by atoms with Crippen molar-refractivity contribution in [2.45, 2.75) is 32.2 Å². The summed E-state index contributed by atoms with van der Waals surface area (Å²) in [6.07, 6.45) is 2.46. The molecule has 1 atom stereocenters. The van der Waals surface area contributed by atoms with Crippen LogP contribution in [0.2, 0.25) is 0 Å². The van der Waals surface area contributed by atoms with E-state index in [9.17, 15) is 4.79 Å². The van der Waals surface area contributed by atoms with Crippen LogP contribution in [-0.2, 0) is 4.79 Å². The Kier molecular flexibility index (Phi) is 8.48. The van der Waals surface area contributed by atoms with Crippen LogP contribution in [0.5, 0.6) is 0 Å². The Hall–Kier alpha value is -1.50. The standard InChI is InChI=1S/C17H24N4O2.2ClH/c1-12(18)6-9-19-16(22)13-7-10-21(11-8-13)17-20-14-4-2-3-5-15(14)23-17;;/h2-5,12-13H,6-11,18H2,1H3,(H,19,22);2*1H. The van der Waals surface area contributed by atoms with Gasteiger partial charge in [0.1, 0.15) is 5.52 Å². The van der Waals surface area contributed by atoms with E-state index in [-0.39, 0.29) is 42.7 Å². The number of rotatable bonds is 5. The third-order valence-corrected chi connectivity index (χ3v) is 4.32. The first kappa shape index (κ1) is 21.5. The fraction of sp³-hybridized carbons (Fsp3) is 0.529. The molecule has 1 aromatic heterocycles. The van der Waals surface area contributed by atoms with Crippen molar-refractivity contribution in [3.63, 3.8) is 0 Å². The Labute approximate surface area is 160 Å². The fourth-order valence-electron chi connectivity index (χ4n) is 2.90. The Balaban J connectivity index is 0.00000156. The molecule has 2 aromatic rings. The van der Waals surface area contributed by atoms with Crippen LogP contribution in [0.1, 0.15) is 26.2 Å². The molecule has 0 saturated carbocycles. The minimum atomic E-state index is 0.